The van der Waals surface area contributed by atoms with Crippen LogP contribution in [0.15, 0.2) is 22.6 Å². The molecule has 0 aliphatic carbocycles. The first-order chi connectivity index (χ1) is 8.76. The summed E-state index contributed by atoms with van der Waals surface area (Å²) >= 11 is 0. The summed E-state index contributed by atoms with van der Waals surface area (Å²) in [7, 11) is 0. The topological polar surface area (TPSA) is 71.3 Å². The first-order valence-corrected chi connectivity index (χ1v) is 6.09. The van der Waals surface area contributed by atoms with Gasteiger partial charge in [-0.25, -0.2) is 0 Å². The molecule has 1 aromatic heterocycles. The zero-order valence-corrected chi connectivity index (χ0v) is 11.7. The summed E-state index contributed by atoms with van der Waals surface area (Å²) in [6.45, 7) is 7.43. The molecule has 0 aliphatic rings. The second kappa shape index (κ2) is 6.22. The second-order valence-electron chi connectivity index (χ2n) is 5.30. The number of rotatable bonds is 4. The third kappa shape index (κ3) is 6.45. The molecule has 2 amide bonds. The zero-order chi connectivity index (χ0) is 14.5. The number of aryl methyl sites for hydroxylation is 1. The number of amides is 2. The molecule has 1 heterocycles. The Morgan fingerprint density at radius 1 is 1.32 bits per heavy atom. The summed E-state index contributed by atoms with van der Waals surface area (Å²) < 4.78 is 5.28. The van der Waals surface area contributed by atoms with Crippen LogP contribution in [0.3, 0.4) is 0 Å². The van der Waals surface area contributed by atoms with Crippen LogP contribution in [0.5, 0.6) is 0 Å². The lowest BCUT2D eigenvalue weighted by Crippen LogP contribution is -2.45. The van der Waals surface area contributed by atoms with Crippen LogP contribution in [0.2, 0.25) is 0 Å². The highest BCUT2D eigenvalue weighted by molar-refractivity contribution is 5.94. The van der Waals surface area contributed by atoms with E-state index in [1.165, 1.54) is 6.08 Å². The maximum Gasteiger partial charge on any atom is 0.244 e. The van der Waals surface area contributed by atoms with Crippen LogP contribution in [-0.4, -0.2) is 23.9 Å². The van der Waals surface area contributed by atoms with Gasteiger partial charge in [0.05, 0.1) is 6.54 Å². The number of hydrogen-bond acceptors (Lipinski definition) is 3. The van der Waals surface area contributed by atoms with Gasteiger partial charge < -0.3 is 15.1 Å². The number of furan rings is 1. The van der Waals surface area contributed by atoms with E-state index < -0.39 is 0 Å². The van der Waals surface area contributed by atoms with Crippen LogP contribution in [0.4, 0.5) is 0 Å². The van der Waals surface area contributed by atoms with Crippen molar-refractivity contribution in [3.63, 3.8) is 0 Å². The van der Waals surface area contributed by atoms with Gasteiger partial charge >= 0.3 is 0 Å². The van der Waals surface area contributed by atoms with E-state index in [1.807, 2.05) is 33.8 Å². The van der Waals surface area contributed by atoms with Crippen LogP contribution in [0.25, 0.3) is 6.08 Å². The van der Waals surface area contributed by atoms with Crippen molar-refractivity contribution in [3.05, 3.63) is 29.7 Å². The van der Waals surface area contributed by atoms with Gasteiger partial charge in [0.2, 0.25) is 11.8 Å². The van der Waals surface area contributed by atoms with Crippen LogP contribution in [0, 0.1) is 6.92 Å². The summed E-state index contributed by atoms with van der Waals surface area (Å²) in [5.74, 6) is 0.831. The maximum atomic E-state index is 11.5. The highest BCUT2D eigenvalue weighted by Crippen LogP contribution is 2.07. The summed E-state index contributed by atoms with van der Waals surface area (Å²) in [5.41, 5.74) is -0.302. The van der Waals surface area contributed by atoms with E-state index in [2.05, 4.69) is 10.6 Å². The quantitative estimate of drug-likeness (QED) is 0.812. The zero-order valence-electron chi connectivity index (χ0n) is 11.7. The highest BCUT2D eigenvalue weighted by Gasteiger charge is 2.13. The molecule has 0 fully saturated rings. The Labute approximate surface area is 113 Å². The molecule has 0 bridgehead atoms. The largest absolute Gasteiger partial charge is 0.462 e. The number of carbonyl (C=O) groups is 2. The summed E-state index contributed by atoms with van der Waals surface area (Å²) in [4.78, 5) is 22.9. The molecule has 1 aromatic rings. The van der Waals surface area contributed by atoms with Gasteiger partial charge in [-0.1, -0.05) is 0 Å². The molecule has 0 atom stereocenters. The average molecular weight is 264 g/mol. The summed E-state index contributed by atoms with van der Waals surface area (Å²) in [6.07, 6.45) is 2.90. The molecule has 5 heteroatoms. The first-order valence-electron chi connectivity index (χ1n) is 6.09. The predicted octanol–water partition coefficient (Wildman–Crippen LogP) is 1.63. The molecule has 1 rings (SSSR count). The fraction of sp³-hybridized carbons (Fsp3) is 0.429. The molecule has 0 saturated heterocycles. The minimum atomic E-state index is -0.335. The van der Waals surface area contributed by atoms with Gasteiger partial charge in [0, 0.05) is 11.6 Å². The lowest BCUT2D eigenvalue weighted by atomic mass is 10.1. The van der Waals surface area contributed by atoms with E-state index in [0.29, 0.717) is 5.76 Å². The SMILES string of the molecule is Cc1ccc(/C=C/C(=O)NCC(=O)NC(C)(C)C)o1. The van der Waals surface area contributed by atoms with Crippen LogP contribution < -0.4 is 10.6 Å². The van der Waals surface area contributed by atoms with E-state index in [0.717, 1.165) is 5.76 Å². The summed E-state index contributed by atoms with van der Waals surface area (Å²) in [6, 6.07) is 3.58. The van der Waals surface area contributed by atoms with E-state index in [9.17, 15) is 9.59 Å². The molecule has 5 nitrogen and oxygen atoms in total. The lowest BCUT2D eigenvalue weighted by molar-refractivity contribution is -0.124. The van der Waals surface area contributed by atoms with Crippen molar-refractivity contribution in [1.82, 2.24) is 10.6 Å². The molecule has 0 aliphatic heterocycles. The molecular weight excluding hydrogens is 244 g/mol. The van der Waals surface area contributed by atoms with Crippen molar-refractivity contribution in [2.45, 2.75) is 33.2 Å². The van der Waals surface area contributed by atoms with Gasteiger partial charge in [0.25, 0.3) is 0 Å². The Bertz CT molecular complexity index is 481. The van der Waals surface area contributed by atoms with Crippen molar-refractivity contribution < 1.29 is 14.0 Å². The molecular formula is C14H20N2O3. The highest BCUT2D eigenvalue weighted by atomic mass is 16.3. The molecule has 104 valence electrons. The Morgan fingerprint density at radius 2 is 2.00 bits per heavy atom. The summed E-state index contributed by atoms with van der Waals surface area (Å²) in [5, 5.41) is 5.26. The van der Waals surface area contributed by atoms with E-state index >= 15 is 0 Å². The molecule has 0 spiro atoms. The van der Waals surface area contributed by atoms with Crippen molar-refractivity contribution >= 4 is 17.9 Å². The second-order valence-corrected chi connectivity index (χ2v) is 5.30. The first kappa shape index (κ1) is 15.0. The van der Waals surface area contributed by atoms with Gasteiger partial charge in [0.15, 0.2) is 0 Å². The normalized spacial score (nSPS) is 11.6. The van der Waals surface area contributed by atoms with Gasteiger partial charge in [-0.2, -0.15) is 0 Å². The van der Waals surface area contributed by atoms with Gasteiger partial charge in [0.1, 0.15) is 11.5 Å². The monoisotopic (exact) mass is 264 g/mol. The van der Waals surface area contributed by atoms with Crippen molar-refractivity contribution in [2.24, 2.45) is 0 Å². The molecule has 0 saturated carbocycles. The number of carbonyl (C=O) groups excluding carboxylic acids is 2. The van der Waals surface area contributed by atoms with Crippen molar-refractivity contribution in [3.8, 4) is 0 Å². The van der Waals surface area contributed by atoms with Gasteiger partial charge in [-0.3, -0.25) is 9.59 Å². The van der Waals surface area contributed by atoms with E-state index in [4.69, 9.17) is 4.42 Å². The Morgan fingerprint density at radius 3 is 2.53 bits per heavy atom. The van der Waals surface area contributed by atoms with E-state index in [1.54, 1.807) is 12.1 Å². The van der Waals surface area contributed by atoms with Crippen molar-refractivity contribution in [2.75, 3.05) is 6.54 Å². The number of hydrogen-bond donors (Lipinski definition) is 2. The fourth-order valence-corrected chi connectivity index (χ4v) is 1.39. The standard InChI is InChI=1S/C14H20N2O3/c1-10-5-6-11(19-10)7-8-12(17)15-9-13(18)16-14(2,3)4/h5-8H,9H2,1-4H3,(H,15,17)(H,16,18)/b8-7+. The Kier molecular flexibility index (Phi) is 4.92. The fourth-order valence-electron chi connectivity index (χ4n) is 1.39. The molecule has 19 heavy (non-hydrogen) atoms. The average Bonchev–Trinajstić information content (AvgIpc) is 2.67. The Hall–Kier alpha value is -2.04. The van der Waals surface area contributed by atoms with Gasteiger partial charge in [-0.15, -0.1) is 0 Å². The minimum Gasteiger partial charge on any atom is -0.462 e. The van der Waals surface area contributed by atoms with Gasteiger partial charge in [-0.05, 0) is 45.9 Å². The molecule has 0 aromatic carbocycles. The predicted molar refractivity (Wildman–Crippen MR) is 73.4 cm³/mol. The smallest absolute Gasteiger partial charge is 0.244 e. The molecule has 0 unspecified atom stereocenters. The maximum absolute atomic E-state index is 11.5. The van der Waals surface area contributed by atoms with Crippen LogP contribution in [-0.2, 0) is 9.59 Å². The lowest BCUT2D eigenvalue weighted by Gasteiger charge is -2.20. The molecule has 0 radical (unpaired) electrons. The van der Waals surface area contributed by atoms with Crippen molar-refractivity contribution in [1.29, 1.82) is 0 Å². The Balaban J connectivity index is 2.36. The third-order valence-corrected chi connectivity index (χ3v) is 2.10. The minimum absolute atomic E-state index is 0.0440. The number of nitrogens with one attached hydrogen (secondary N) is 2. The third-order valence-electron chi connectivity index (χ3n) is 2.10. The molecule has 2 N–H and O–H groups in total. The van der Waals surface area contributed by atoms with Crippen LogP contribution in [0.1, 0.15) is 32.3 Å². The van der Waals surface area contributed by atoms with E-state index in [-0.39, 0.29) is 23.9 Å². The van der Waals surface area contributed by atoms with Crippen LogP contribution >= 0.6 is 0 Å².